The van der Waals surface area contributed by atoms with E-state index in [1.807, 2.05) is 53.8 Å². The van der Waals surface area contributed by atoms with E-state index in [4.69, 9.17) is 5.10 Å². The summed E-state index contributed by atoms with van der Waals surface area (Å²) in [6, 6.07) is 28.7. The number of anilines is 1. The fraction of sp³-hybridized carbons (Fsp3) is 0.212. The topological polar surface area (TPSA) is 55.1 Å². The lowest BCUT2D eigenvalue weighted by molar-refractivity contribution is 0.194. The Morgan fingerprint density at radius 2 is 1.72 bits per heavy atom. The van der Waals surface area contributed by atoms with Crippen LogP contribution in [0.3, 0.4) is 0 Å². The Hall–Kier alpha value is -4.58. The summed E-state index contributed by atoms with van der Waals surface area (Å²) >= 11 is 0. The molecule has 5 aromatic rings. The van der Waals surface area contributed by atoms with Crippen LogP contribution in [0.15, 0.2) is 91.1 Å². The molecule has 0 bridgehead atoms. The molecule has 0 fully saturated rings. The summed E-state index contributed by atoms with van der Waals surface area (Å²) in [7, 11) is 0. The molecule has 0 saturated carbocycles. The van der Waals surface area contributed by atoms with Gasteiger partial charge in [0.15, 0.2) is 0 Å². The number of carbonyl (C=O) groups excluding carboxylic acids is 1. The minimum absolute atomic E-state index is 0.140. The maximum absolute atomic E-state index is 14.2. The monoisotopic (exact) mass is 515 g/mol. The van der Waals surface area contributed by atoms with Gasteiger partial charge in [-0.15, -0.1) is 0 Å². The highest BCUT2D eigenvalue weighted by atomic mass is 16.2. The van der Waals surface area contributed by atoms with Crippen LogP contribution in [0.1, 0.15) is 52.2 Å². The Morgan fingerprint density at radius 3 is 2.44 bits per heavy atom. The lowest BCUT2D eigenvalue weighted by Crippen LogP contribution is -2.38. The molecule has 0 saturated heterocycles. The van der Waals surface area contributed by atoms with Crippen molar-refractivity contribution in [2.24, 2.45) is 0 Å². The molecule has 0 aliphatic carbocycles. The van der Waals surface area contributed by atoms with E-state index in [2.05, 4.69) is 84.5 Å². The van der Waals surface area contributed by atoms with Crippen molar-refractivity contribution in [3.8, 4) is 11.5 Å². The first kappa shape index (κ1) is 24.7. The molecule has 1 atom stereocenters. The standard InChI is InChI=1S/C33H33N5O/c1-5-25-14-16-26(17-15-25)31-30-12-9-19-36(30)32-28(24(4)35-38(32)27-10-7-6-8-11-27)21-37(31)33(39)34-29-18-13-22(2)20-23(29)3/h6-20,31H,5,21H2,1-4H3,(H,34,39)/t31-/m0/s1. The number of carbonyl (C=O) groups is 1. The molecule has 39 heavy (non-hydrogen) atoms. The number of benzene rings is 3. The van der Waals surface area contributed by atoms with Gasteiger partial charge >= 0.3 is 6.03 Å². The molecule has 3 heterocycles. The molecule has 6 nitrogen and oxygen atoms in total. The van der Waals surface area contributed by atoms with Gasteiger partial charge in [-0.05, 0) is 74.2 Å². The number of aryl methyl sites for hydroxylation is 4. The molecule has 0 radical (unpaired) electrons. The van der Waals surface area contributed by atoms with Crippen molar-refractivity contribution in [1.29, 1.82) is 0 Å². The van der Waals surface area contributed by atoms with Crippen molar-refractivity contribution in [2.75, 3.05) is 5.32 Å². The highest BCUT2D eigenvalue weighted by molar-refractivity contribution is 5.91. The van der Waals surface area contributed by atoms with Gasteiger partial charge in [-0.25, -0.2) is 9.48 Å². The number of rotatable bonds is 4. The zero-order chi connectivity index (χ0) is 27.1. The third-order valence-electron chi connectivity index (χ3n) is 7.67. The zero-order valence-electron chi connectivity index (χ0n) is 22.8. The number of fused-ring (bicyclic) bond motifs is 3. The van der Waals surface area contributed by atoms with Crippen LogP contribution in [0.5, 0.6) is 0 Å². The van der Waals surface area contributed by atoms with Crippen LogP contribution in [0.2, 0.25) is 0 Å². The van der Waals surface area contributed by atoms with Crippen LogP contribution in [0.25, 0.3) is 11.5 Å². The molecule has 1 N–H and O–H groups in total. The van der Waals surface area contributed by atoms with E-state index < -0.39 is 0 Å². The van der Waals surface area contributed by atoms with E-state index in [1.165, 1.54) is 11.1 Å². The first-order chi connectivity index (χ1) is 18.9. The van der Waals surface area contributed by atoms with Crippen molar-refractivity contribution in [3.05, 3.63) is 130 Å². The number of nitrogens with one attached hydrogen (secondary N) is 1. The predicted octanol–water partition coefficient (Wildman–Crippen LogP) is 7.29. The first-order valence-corrected chi connectivity index (χ1v) is 13.5. The Kier molecular flexibility index (Phi) is 6.31. The zero-order valence-corrected chi connectivity index (χ0v) is 22.8. The molecular weight excluding hydrogens is 482 g/mol. The summed E-state index contributed by atoms with van der Waals surface area (Å²) < 4.78 is 4.20. The highest BCUT2D eigenvalue weighted by Gasteiger charge is 2.36. The number of para-hydroxylation sites is 1. The highest BCUT2D eigenvalue weighted by Crippen LogP contribution is 2.39. The molecule has 1 aliphatic rings. The van der Waals surface area contributed by atoms with Crippen LogP contribution in [0, 0.1) is 20.8 Å². The van der Waals surface area contributed by atoms with E-state index in [0.717, 1.165) is 51.7 Å². The Morgan fingerprint density at radius 1 is 0.949 bits per heavy atom. The molecule has 0 unspecified atom stereocenters. The molecule has 6 heteroatoms. The molecule has 196 valence electrons. The lowest BCUT2D eigenvalue weighted by atomic mass is 9.99. The number of urea groups is 1. The van der Waals surface area contributed by atoms with Gasteiger partial charge in [0.25, 0.3) is 0 Å². The van der Waals surface area contributed by atoms with Crippen molar-refractivity contribution >= 4 is 11.7 Å². The molecule has 3 aromatic carbocycles. The number of amides is 2. The minimum atomic E-state index is -0.285. The van der Waals surface area contributed by atoms with E-state index in [0.29, 0.717) is 6.54 Å². The molecule has 6 rings (SSSR count). The van der Waals surface area contributed by atoms with Gasteiger partial charge in [0.2, 0.25) is 0 Å². The number of hydrogen-bond donors (Lipinski definition) is 1. The van der Waals surface area contributed by atoms with Crippen molar-refractivity contribution in [2.45, 2.75) is 46.7 Å². The molecular formula is C33H33N5O. The van der Waals surface area contributed by atoms with Crippen LogP contribution >= 0.6 is 0 Å². The largest absolute Gasteiger partial charge is 0.322 e. The van der Waals surface area contributed by atoms with Gasteiger partial charge in [-0.3, -0.25) is 0 Å². The minimum Gasteiger partial charge on any atom is -0.308 e. The first-order valence-electron chi connectivity index (χ1n) is 13.5. The van der Waals surface area contributed by atoms with Crippen molar-refractivity contribution in [1.82, 2.24) is 19.2 Å². The second-order valence-electron chi connectivity index (χ2n) is 10.3. The summed E-state index contributed by atoms with van der Waals surface area (Å²) in [6.45, 7) is 8.70. The van der Waals surface area contributed by atoms with Crippen LogP contribution in [-0.4, -0.2) is 25.3 Å². The van der Waals surface area contributed by atoms with Gasteiger partial charge in [0.1, 0.15) is 5.82 Å². The molecule has 2 aromatic heterocycles. The average molecular weight is 516 g/mol. The molecule has 2 amide bonds. The number of hydrogen-bond acceptors (Lipinski definition) is 2. The van der Waals surface area contributed by atoms with Crippen molar-refractivity contribution < 1.29 is 4.79 Å². The Balaban J connectivity index is 1.52. The fourth-order valence-electron chi connectivity index (χ4n) is 5.58. The summed E-state index contributed by atoms with van der Waals surface area (Å²) in [5.74, 6) is 0.968. The Bertz CT molecular complexity index is 1650. The van der Waals surface area contributed by atoms with Crippen molar-refractivity contribution in [3.63, 3.8) is 0 Å². The third kappa shape index (κ3) is 4.42. The van der Waals surface area contributed by atoms with E-state index in [9.17, 15) is 4.79 Å². The number of aromatic nitrogens is 3. The SMILES string of the molecule is CCc1ccc([C@H]2c3cccn3-c3c(c(C)nn3-c3ccccc3)CN2C(=O)Nc2ccc(C)cc2C)cc1. The van der Waals surface area contributed by atoms with E-state index >= 15 is 0 Å². The van der Waals surface area contributed by atoms with Crippen LogP contribution in [0.4, 0.5) is 10.5 Å². The summed E-state index contributed by atoms with van der Waals surface area (Å²) in [6.07, 6.45) is 3.05. The Labute approximate surface area is 229 Å². The third-order valence-corrected chi connectivity index (χ3v) is 7.67. The van der Waals surface area contributed by atoms with Gasteiger partial charge in [0.05, 0.1) is 29.7 Å². The lowest BCUT2D eigenvalue weighted by Gasteiger charge is -2.31. The summed E-state index contributed by atoms with van der Waals surface area (Å²) in [5.41, 5.74) is 9.31. The summed E-state index contributed by atoms with van der Waals surface area (Å²) in [4.78, 5) is 16.1. The molecule has 0 spiro atoms. The number of nitrogens with zero attached hydrogens (tertiary/aromatic N) is 4. The average Bonchev–Trinajstić information content (AvgIpc) is 3.51. The van der Waals surface area contributed by atoms with Gasteiger partial charge in [-0.2, -0.15) is 5.10 Å². The van der Waals surface area contributed by atoms with E-state index in [-0.39, 0.29) is 12.1 Å². The maximum Gasteiger partial charge on any atom is 0.322 e. The fourth-order valence-corrected chi connectivity index (χ4v) is 5.58. The van der Waals surface area contributed by atoms with Gasteiger partial charge < -0.3 is 14.8 Å². The quantitative estimate of drug-likeness (QED) is 0.273. The second kappa shape index (κ2) is 9.95. The van der Waals surface area contributed by atoms with Gasteiger partial charge in [-0.1, -0.05) is 67.1 Å². The maximum atomic E-state index is 14.2. The molecule has 1 aliphatic heterocycles. The van der Waals surface area contributed by atoms with E-state index in [1.54, 1.807) is 0 Å². The second-order valence-corrected chi connectivity index (χ2v) is 10.3. The smallest absolute Gasteiger partial charge is 0.308 e. The van der Waals surface area contributed by atoms with Gasteiger partial charge in [0, 0.05) is 17.4 Å². The van der Waals surface area contributed by atoms with Crippen LogP contribution < -0.4 is 5.32 Å². The summed E-state index contributed by atoms with van der Waals surface area (Å²) in [5, 5.41) is 8.16. The normalized spacial score (nSPS) is 14.5. The van der Waals surface area contributed by atoms with Crippen LogP contribution in [-0.2, 0) is 13.0 Å². The predicted molar refractivity (Wildman–Crippen MR) is 156 cm³/mol.